The first-order chi connectivity index (χ1) is 17.0. The van der Waals surface area contributed by atoms with Crippen molar-refractivity contribution >= 4 is 23.2 Å². The Hall–Kier alpha value is -3.46. The molecular weight excluding hydrogens is 496 g/mol. The molecule has 2 aromatic heterocycles. The molecule has 2 aromatic carbocycles. The van der Waals surface area contributed by atoms with E-state index in [0.29, 0.717) is 39.6 Å². The van der Waals surface area contributed by atoms with Crippen molar-refractivity contribution in [2.75, 3.05) is 28.1 Å². The van der Waals surface area contributed by atoms with E-state index in [1.807, 2.05) is 0 Å². The Bertz CT molecular complexity index is 1350. The van der Waals surface area contributed by atoms with Crippen molar-refractivity contribution in [3.63, 3.8) is 0 Å². The first kappa shape index (κ1) is 24.7. The maximum Gasteiger partial charge on any atom is 0.188 e. The molecule has 4 aromatic rings. The topological polar surface area (TPSA) is 75.6 Å². The Kier molecular flexibility index (Phi) is 7.65. The van der Waals surface area contributed by atoms with Gasteiger partial charge in [-0.05, 0) is 29.8 Å². The zero-order valence-corrected chi connectivity index (χ0v) is 20.5. The van der Waals surface area contributed by atoms with Crippen molar-refractivity contribution in [2.24, 2.45) is 0 Å². The van der Waals surface area contributed by atoms with Crippen LogP contribution < -0.4 is 14.2 Å². The number of ether oxygens (including phenoxy) is 4. The molecule has 0 bridgehead atoms. The van der Waals surface area contributed by atoms with Crippen LogP contribution in [0.4, 0.5) is 4.39 Å². The summed E-state index contributed by atoms with van der Waals surface area (Å²) in [4.78, 5) is 4.47. The summed E-state index contributed by atoms with van der Waals surface area (Å²) in [5, 5.41) is 8.62. The first-order valence-corrected chi connectivity index (χ1v) is 11.0. The average Bonchev–Trinajstić information content (AvgIpc) is 2.87. The number of hydrogen-bond acceptors (Lipinski definition) is 7. The second-order valence-electron chi connectivity index (χ2n) is 7.22. The number of methoxy groups -OCH3 is 3. The third-order valence-electron chi connectivity index (χ3n) is 5.10. The van der Waals surface area contributed by atoms with Crippen LogP contribution in [0.25, 0.3) is 33.6 Å². The van der Waals surface area contributed by atoms with E-state index in [1.54, 1.807) is 42.5 Å². The van der Waals surface area contributed by atoms with Gasteiger partial charge in [-0.15, -0.1) is 10.2 Å². The molecule has 0 saturated carbocycles. The summed E-state index contributed by atoms with van der Waals surface area (Å²) in [6.07, 6.45) is 1.48. The second-order valence-corrected chi connectivity index (χ2v) is 7.99. The highest BCUT2D eigenvalue weighted by Gasteiger charge is 2.25. The highest BCUT2D eigenvalue weighted by atomic mass is 35.5. The lowest BCUT2D eigenvalue weighted by Crippen LogP contribution is -2.03. The molecule has 180 valence electrons. The van der Waals surface area contributed by atoms with Gasteiger partial charge in [0.2, 0.25) is 0 Å². The van der Waals surface area contributed by atoms with Gasteiger partial charge in [0.05, 0.1) is 36.7 Å². The Morgan fingerprint density at radius 2 is 1.54 bits per heavy atom. The normalized spacial score (nSPS) is 10.8. The molecule has 0 radical (unpaired) electrons. The molecular formula is C25H20Cl2FN3O4. The SMILES string of the molecule is COCOc1cnc(-c2c(Cl)nnc(-c3ccccc3F)c2-c2cc(OC)cc(OC)c2)c(Cl)c1. The van der Waals surface area contributed by atoms with Crippen molar-refractivity contribution < 1.29 is 23.3 Å². The minimum Gasteiger partial charge on any atom is -0.497 e. The van der Waals surface area contributed by atoms with Crippen molar-refractivity contribution in [3.05, 3.63) is 70.7 Å². The Morgan fingerprint density at radius 3 is 2.17 bits per heavy atom. The van der Waals surface area contributed by atoms with E-state index in [0.717, 1.165) is 0 Å². The standard InChI is InChI=1S/C25H20Cl2FN3O4/c1-32-13-35-17-11-19(26)24(29-12-17)22-21(14-8-15(33-2)10-16(9-14)34-3)23(30-31-25(22)27)18-6-4-5-7-20(18)28/h4-12H,13H2,1-3H3. The van der Waals surface area contributed by atoms with Crippen molar-refractivity contribution in [2.45, 2.75) is 0 Å². The molecule has 0 amide bonds. The van der Waals surface area contributed by atoms with Gasteiger partial charge in [0.25, 0.3) is 0 Å². The lowest BCUT2D eigenvalue weighted by atomic mass is 9.93. The van der Waals surface area contributed by atoms with Gasteiger partial charge >= 0.3 is 0 Å². The van der Waals surface area contributed by atoms with Gasteiger partial charge in [-0.25, -0.2) is 4.39 Å². The Labute approximate surface area is 211 Å². The number of aromatic nitrogens is 3. The van der Waals surface area contributed by atoms with E-state index in [-0.39, 0.29) is 28.2 Å². The van der Waals surface area contributed by atoms with Crippen molar-refractivity contribution in [1.82, 2.24) is 15.2 Å². The number of pyridine rings is 1. The number of hydrogen-bond donors (Lipinski definition) is 0. The molecule has 2 heterocycles. The number of rotatable bonds is 8. The van der Waals surface area contributed by atoms with Gasteiger partial charge in [-0.1, -0.05) is 35.3 Å². The fraction of sp³-hybridized carbons (Fsp3) is 0.160. The first-order valence-electron chi connectivity index (χ1n) is 10.3. The molecule has 0 saturated heterocycles. The molecule has 7 nitrogen and oxygen atoms in total. The molecule has 0 spiro atoms. The van der Waals surface area contributed by atoms with E-state index in [9.17, 15) is 4.39 Å². The minimum absolute atomic E-state index is 0.0290. The molecule has 0 aliphatic carbocycles. The van der Waals surface area contributed by atoms with Crippen LogP contribution in [0.5, 0.6) is 17.2 Å². The van der Waals surface area contributed by atoms with Crippen molar-refractivity contribution in [1.29, 1.82) is 0 Å². The minimum atomic E-state index is -0.478. The summed E-state index contributed by atoms with van der Waals surface area (Å²) in [5.74, 6) is 0.950. The van der Waals surface area contributed by atoms with Gasteiger partial charge in [-0.2, -0.15) is 0 Å². The van der Waals surface area contributed by atoms with Crippen LogP contribution in [0, 0.1) is 5.82 Å². The molecule has 35 heavy (non-hydrogen) atoms. The van der Waals surface area contributed by atoms with E-state index < -0.39 is 5.82 Å². The summed E-state index contributed by atoms with van der Waals surface area (Å²) < 4.78 is 36.2. The average molecular weight is 516 g/mol. The molecule has 0 atom stereocenters. The van der Waals surface area contributed by atoms with E-state index >= 15 is 0 Å². The van der Waals surface area contributed by atoms with Crippen LogP contribution in [0.3, 0.4) is 0 Å². The maximum atomic E-state index is 14.9. The van der Waals surface area contributed by atoms with Gasteiger partial charge < -0.3 is 18.9 Å². The largest absolute Gasteiger partial charge is 0.497 e. The van der Waals surface area contributed by atoms with E-state index in [4.69, 9.17) is 42.1 Å². The molecule has 0 aliphatic heterocycles. The lowest BCUT2D eigenvalue weighted by molar-refractivity contribution is 0.0509. The summed E-state index contributed by atoms with van der Waals surface area (Å²) in [6.45, 7) is 0.0290. The number of nitrogens with zero attached hydrogens (tertiary/aromatic N) is 3. The highest BCUT2D eigenvalue weighted by Crippen LogP contribution is 2.45. The van der Waals surface area contributed by atoms with Crippen molar-refractivity contribution in [3.8, 4) is 50.9 Å². The fourth-order valence-electron chi connectivity index (χ4n) is 3.52. The maximum absolute atomic E-state index is 14.9. The fourth-order valence-corrected chi connectivity index (χ4v) is 3.99. The van der Waals surface area contributed by atoms with Gasteiger partial charge in [0.15, 0.2) is 11.9 Å². The van der Waals surface area contributed by atoms with Crippen LogP contribution in [0.1, 0.15) is 0 Å². The van der Waals surface area contributed by atoms with E-state index in [2.05, 4.69) is 15.2 Å². The van der Waals surface area contributed by atoms with Crippen LogP contribution in [0.2, 0.25) is 10.2 Å². The third-order valence-corrected chi connectivity index (χ3v) is 5.65. The molecule has 0 fully saturated rings. The zero-order valence-electron chi connectivity index (χ0n) is 19.0. The predicted octanol–water partition coefficient (Wildman–Crippen LogP) is 6.32. The zero-order chi connectivity index (χ0) is 24.9. The molecule has 0 aliphatic rings. The molecule has 10 heteroatoms. The van der Waals surface area contributed by atoms with Gasteiger partial charge in [-0.3, -0.25) is 4.98 Å². The molecule has 0 unspecified atom stereocenters. The summed E-state index contributed by atoms with van der Waals surface area (Å²) >= 11 is 13.2. The second kappa shape index (κ2) is 10.9. The lowest BCUT2D eigenvalue weighted by Gasteiger charge is -2.18. The summed E-state index contributed by atoms with van der Waals surface area (Å²) in [5.41, 5.74) is 2.18. The van der Waals surface area contributed by atoms with Crippen LogP contribution in [-0.4, -0.2) is 43.3 Å². The Balaban J connectivity index is 2.05. The molecule has 0 N–H and O–H groups in total. The molecule has 4 rings (SSSR count). The van der Waals surface area contributed by atoms with Crippen LogP contribution in [0.15, 0.2) is 54.7 Å². The predicted molar refractivity (Wildman–Crippen MR) is 132 cm³/mol. The quantitative estimate of drug-likeness (QED) is 0.254. The van der Waals surface area contributed by atoms with Crippen LogP contribution >= 0.6 is 23.2 Å². The summed E-state index contributed by atoms with van der Waals surface area (Å²) in [6, 6.07) is 13.1. The summed E-state index contributed by atoms with van der Waals surface area (Å²) in [7, 11) is 4.57. The van der Waals surface area contributed by atoms with E-state index in [1.165, 1.54) is 33.6 Å². The van der Waals surface area contributed by atoms with Gasteiger partial charge in [0, 0.05) is 30.4 Å². The van der Waals surface area contributed by atoms with Crippen LogP contribution in [-0.2, 0) is 4.74 Å². The number of benzene rings is 2. The number of halogens is 3. The third kappa shape index (κ3) is 5.14. The Morgan fingerprint density at radius 1 is 0.829 bits per heavy atom. The monoisotopic (exact) mass is 515 g/mol. The smallest absolute Gasteiger partial charge is 0.188 e. The highest BCUT2D eigenvalue weighted by molar-refractivity contribution is 6.36. The van der Waals surface area contributed by atoms with Gasteiger partial charge in [0.1, 0.15) is 28.8 Å².